The molecule has 0 spiro atoms. The third kappa shape index (κ3) is 6.48. The second-order valence-corrected chi connectivity index (χ2v) is 5.98. The monoisotopic (exact) mass is 375 g/mol. The van der Waals surface area contributed by atoms with E-state index in [4.69, 9.17) is 16.3 Å². The highest BCUT2D eigenvalue weighted by atomic mass is 35.5. The van der Waals surface area contributed by atoms with Gasteiger partial charge in [-0.2, -0.15) is 0 Å². The molecule has 3 N–H and O–H groups in total. The zero-order chi connectivity index (χ0) is 18.8. The molecular formula is C19H22ClN3O3. The fraction of sp³-hybridized carbons (Fsp3) is 0.263. The zero-order valence-corrected chi connectivity index (χ0v) is 15.3. The lowest BCUT2D eigenvalue weighted by Crippen LogP contribution is -2.28. The van der Waals surface area contributed by atoms with Crippen molar-refractivity contribution in [3.8, 4) is 0 Å². The average molecular weight is 376 g/mol. The Kier molecular flexibility index (Phi) is 8.08. The van der Waals surface area contributed by atoms with Crippen molar-refractivity contribution in [2.45, 2.75) is 6.54 Å². The van der Waals surface area contributed by atoms with Crippen LogP contribution in [-0.4, -0.2) is 38.6 Å². The minimum Gasteiger partial charge on any atom is -0.383 e. The smallest absolute Gasteiger partial charge is 0.251 e. The molecule has 138 valence electrons. The molecule has 7 heteroatoms. The summed E-state index contributed by atoms with van der Waals surface area (Å²) < 4.78 is 4.89. The quantitative estimate of drug-likeness (QED) is 0.588. The van der Waals surface area contributed by atoms with Gasteiger partial charge in [0.2, 0.25) is 5.91 Å². The van der Waals surface area contributed by atoms with E-state index in [0.717, 1.165) is 5.56 Å². The van der Waals surface area contributed by atoms with Crippen molar-refractivity contribution in [3.05, 3.63) is 64.7 Å². The predicted molar refractivity (Wildman–Crippen MR) is 102 cm³/mol. The van der Waals surface area contributed by atoms with Crippen molar-refractivity contribution in [1.29, 1.82) is 0 Å². The van der Waals surface area contributed by atoms with Crippen molar-refractivity contribution < 1.29 is 14.3 Å². The molecule has 2 aromatic rings. The van der Waals surface area contributed by atoms with Gasteiger partial charge in [-0.25, -0.2) is 0 Å². The topological polar surface area (TPSA) is 79.5 Å². The van der Waals surface area contributed by atoms with Gasteiger partial charge in [0.15, 0.2) is 0 Å². The van der Waals surface area contributed by atoms with Crippen LogP contribution in [0.4, 0.5) is 5.69 Å². The Morgan fingerprint density at radius 2 is 1.92 bits per heavy atom. The zero-order valence-electron chi connectivity index (χ0n) is 14.5. The number of anilines is 1. The molecular weight excluding hydrogens is 354 g/mol. The van der Waals surface area contributed by atoms with Gasteiger partial charge in [-0.3, -0.25) is 9.59 Å². The normalized spacial score (nSPS) is 10.4. The number of hydrogen-bond donors (Lipinski definition) is 3. The second-order valence-electron chi connectivity index (χ2n) is 5.57. The number of rotatable bonds is 9. The fourth-order valence-corrected chi connectivity index (χ4v) is 2.47. The van der Waals surface area contributed by atoms with Crippen molar-refractivity contribution in [2.24, 2.45) is 0 Å². The van der Waals surface area contributed by atoms with E-state index in [1.54, 1.807) is 31.4 Å². The molecule has 26 heavy (non-hydrogen) atoms. The lowest BCUT2D eigenvalue weighted by molar-refractivity contribution is -0.115. The van der Waals surface area contributed by atoms with Gasteiger partial charge in [-0.15, -0.1) is 0 Å². The molecule has 0 radical (unpaired) electrons. The molecule has 6 nitrogen and oxygen atoms in total. The summed E-state index contributed by atoms with van der Waals surface area (Å²) in [4.78, 5) is 24.1. The molecule has 0 heterocycles. The van der Waals surface area contributed by atoms with Gasteiger partial charge in [0.25, 0.3) is 5.91 Å². The summed E-state index contributed by atoms with van der Waals surface area (Å²) in [5.74, 6) is -0.413. The van der Waals surface area contributed by atoms with E-state index < -0.39 is 0 Å². The van der Waals surface area contributed by atoms with Crippen molar-refractivity contribution >= 4 is 29.1 Å². The largest absolute Gasteiger partial charge is 0.383 e. The first-order valence-corrected chi connectivity index (χ1v) is 8.59. The minimum absolute atomic E-state index is 0.134. The van der Waals surface area contributed by atoms with Crippen molar-refractivity contribution in [1.82, 2.24) is 10.6 Å². The number of carbonyl (C=O) groups is 2. The molecule has 0 saturated carbocycles. The molecule has 0 aliphatic heterocycles. The standard InChI is InChI=1S/C19H22ClN3O3/c1-26-10-9-22-19(25)14-6-4-7-16(11-14)23-18(24)13-21-12-15-5-2-3-8-17(15)20/h2-8,11,21H,9-10,12-13H2,1H3,(H,22,25)(H,23,24). The molecule has 0 saturated heterocycles. The Bertz CT molecular complexity index is 752. The number of hydrogen-bond acceptors (Lipinski definition) is 4. The molecule has 2 aromatic carbocycles. The Morgan fingerprint density at radius 1 is 1.12 bits per heavy atom. The first kappa shape index (κ1) is 19.9. The summed E-state index contributed by atoms with van der Waals surface area (Å²) in [6.07, 6.45) is 0. The summed E-state index contributed by atoms with van der Waals surface area (Å²) in [5, 5.41) is 9.21. The van der Waals surface area contributed by atoms with E-state index in [1.165, 1.54) is 0 Å². The average Bonchev–Trinajstić information content (AvgIpc) is 2.63. The van der Waals surface area contributed by atoms with Crippen LogP contribution in [0.3, 0.4) is 0 Å². The van der Waals surface area contributed by atoms with E-state index in [2.05, 4.69) is 16.0 Å². The summed E-state index contributed by atoms with van der Waals surface area (Å²) in [6, 6.07) is 14.2. The van der Waals surface area contributed by atoms with Gasteiger partial charge in [0, 0.05) is 36.5 Å². The molecule has 0 fully saturated rings. The highest BCUT2D eigenvalue weighted by Crippen LogP contribution is 2.14. The lowest BCUT2D eigenvalue weighted by atomic mass is 10.2. The third-order valence-electron chi connectivity index (χ3n) is 3.56. The van der Waals surface area contributed by atoms with Gasteiger partial charge in [-0.05, 0) is 29.8 Å². The maximum absolute atomic E-state index is 12.1. The van der Waals surface area contributed by atoms with Crippen molar-refractivity contribution in [2.75, 3.05) is 32.1 Å². The number of amides is 2. The van der Waals surface area contributed by atoms with Crippen LogP contribution in [0.5, 0.6) is 0 Å². The first-order chi connectivity index (χ1) is 12.6. The van der Waals surface area contributed by atoms with E-state index in [-0.39, 0.29) is 18.4 Å². The number of carbonyl (C=O) groups excluding carboxylic acids is 2. The van der Waals surface area contributed by atoms with Gasteiger partial charge < -0.3 is 20.7 Å². The van der Waals surface area contributed by atoms with Crippen LogP contribution >= 0.6 is 11.6 Å². The molecule has 0 aliphatic carbocycles. The number of benzene rings is 2. The Balaban J connectivity index is 1.82. The van der Waals surface area contributed by atoms with Gasteiger partial charge in [-0.1, -0.05) is 35.9 Å². The molecule has 0 aliphatic rings. The number of nitrogens with one attached hydrogen (secondary N) is 3. The van der Waals surface area contributed by atoms with Crippen LogP contribution in [0, 0.1) is 0 Å². The highest BCUT2D eigenvalue weighted by molar-refractivity contribution is 6.31. The van der Waals surface area contributed by atoms with E-state index >= 15 is 0 Å². The first-order valence-electron chi connectivity index (χ1n) is 8.21. The Labute approximate surface area is 157 Å². The summed E-state index contributed by atoms with van der Waals surface area (Å²) >= 11 is 6.08. The van der Waals surface area contributed by atoms with Crippen LogP contribution in [0.2, 0.25) is 5.02 Å². The molecule has 0 atom stereocenters. The molecule has 0 bridgehead atoms. The summed E-state index contributed by atoms with van der Waals surface area (Å²) in [5.41, 5.74) is 1.97. The third-order valence-corrected chi connectivity index (χ3v) is 3.93. The van der Waals surface area contributed by atoms with E-state index in [0.29, 0.717) is 36.0 Å². The molecule has 2 amide bonds. The highest BCUT2D eigenvalue weighted by Gasteiger charge is 2.08. The fourth-order valence-electron chi connectivity index (χ4n) is 2.26. The lowest BCUT2D eigenvalue weighted by Gasteiger charge is -2.09. The van der Waals surface area contributed by atoms with Crippen LogP contribution in [-0.2, 0) is 16.1 Å². The summed E-state index contributed by atoms with van der Waals surface area (Å²) in [7, 11) is 1.57. The van der Waals surface area contributed by atoms with Crippen LogP contribution in [0.15, 0.2) is 48.5 Å². The number of ether oxygens (including phenoxy) is 1. The van der Waals surface area contributed by atoms with E-state index in [9.17, 15) is 9.59 Å². The SMILES string of the molecule is COCCNC(=O)c1cccc(NC(=O)CNCc2ccccc2Cl)c1. The predicted octanol–water partition coefficient (Wildman–Crippen LogP) is 2.44. The number of methoxy groups -OCH3 is 1. The molecule has 2 rings (SSSR count). The van der Waals surface area contributed by atoms with Gasteiger partial charge in [0.05, 0.1) is 13.2 Å². The maximum Gasteiger partial charge on any atom is 0.251 e. The second kappa shape index (κ2) is 10.6. The number of halogens is 1. The van der Waals surface area contributed by atoms with Gasteiger partial charge in [0.1, 0.15) is 0 Å². The van der Waals surface area contributed by atoms with Crippen LogP contribution < -0.4 is 16.0 Å². The Hall–Kier alpha value is -2.41. The van der Waals surface area contributed by atoms with Crippen LogP contribution in [0.25, 0.3) is 0 Å². The maximum atomic E-state index is 12.1. The summed E-state index contributed by atoms with van der Waals surface area (Å²) in [6.45, 7) is 1.50. The molecule has 0 aromatic heterocycles. The Morgan fingerprint density at radius 3 is 2.69 bits per heavy atom. The minimum atomic E-state index is -0.213. The molecule has 0 unspecified atom stereocenters. The van der Waals surface area contributed by atoms with Crippen LogP contribution in [0.1, 0.15) is 15.9 Å². The van der Waals surface area contributed by atoms with Gasteiger partial charge >= 0.3 is 0 Å². The van der Waals surface area contributed by atoms with Crippen molar-refractivity contribution in [3.63, 3.8) is 0 Å². The van der Waals surface area contributed by atoms with E-state index in [1.807, 2.05) is 24.3 Å².